The van der Waals surface area contributed by atoms with E-state index in [0.717, 1.165) is 99.4 Å². The highest BCUT2D eigenvalue weighted by Crippen LogP contribution is 2.45. The highest BCUT2D eigenvalue weighted by molar-refractivity contribution is 6.21. The van der Waals surface area contributed by atoms with Gasteiger partial charge >= 0.3 is 0 Å². The first-order valence-electron chi connectivity index (χ1n) is 21.7. The quantitative estimate of drug-likeness (QED) is 0.167. The predicted octanol–water partition coefficient (Wildman–Crippen LogP) is 15.1. The molecule has 65 heavy (non-hydrogen) atoms. The maximum Gasteiger partial charge on any atom is 0.161 e. The molecule has 0 amide bonds. The molecule has 0 saturated carbocycles. The minimum Gasteiger partial charge on any atom is -0.454 e. The van der Waals surface area contributed by atoms with Crippen molar-refractivity contribution in [1.29, 1.82) is 5.26 Å². The molecule has 6 heteroatoms. The molecule has 0 saturated heterocycles. The van der Waals surface area contributed by atoms with Crippen LogP contribution in [0.3, 0.4) is 0 Å². The van der Waals surface area contributed by atoms with Gasteiger partial charge in [-0.3, -0.25) is 0 Å². The first-order valence-corrected chi connectivity index (χ1v) is 21.7. The summed E-state index contributed by atoms with van der Waals surface area (Å²) in [4.78, 5) is 10.5. The van der Waals surface area contributed by atoms with Crippen molar-refractivity contribution in [3.8, 4) is 62.5 Å². The van der Waals surface area contributed by atoms with Crippen molar-refractivity contribution in [2.45, 2.75) is 0 Å². The summed E-state index contributed by atoms with van der Waals surface area (Å²) in [5.41, 5.74) is 14.3. The molecular weight excluding hydrogens is 795 g/mol. The van der Waals surface area contributed by atoms with Crippen LogP contribution in [-0.2, 0) is 0 Å². The molecule has 0 aliphatic carbocycles. The van der Waals surface area contributed by atoms with E-state index in [1.807, 2.05) is 78.9 Å². The average Bonchev–Trinajstić information content (AvgIpc) is 4.03. The summed E-state index contributed by atoms with van der Waals surface area (Å²) in [5.74, 6) is 0.509. The molecule has 4 aromatic heterocycles. The second kappa shape index (κ2) is 14.5. The van der Waals surface area contributed by atoms with Gasteiger partial charge in [0.1, 0.15) is 17.2 Å². The highest BCUT2D eigenvalue weighted by Gasteiger charge is 2.25. The van der Waals surface area contributed by atoms with Crippen molar-refractivity contribution in [2.75, 3.05) is 0 Å². The first kappa shape index (κ1) is 36.6. The number of fused-ring (bicyclic) bond motifs is 9. The van der Waals surface area contributed by atoms with Crippen LogP contribution in [-0.4, -0.2) is 19.1 Å². The van der Waals surface area contributed by atoms with Gasteiger partial charge in [0.2, 0.25) is 0 Å². The van der Waals surface area contributed by atoms with Crippen molar-refractivity contribution in [2.24, 2.45) is 0 Å². The summed E-state index contributed by atoms with van der Waals surface area (Å²) in [6.07, 6.45) is 0. The number of hydrogen-bond acceptors (Lipinski definition) is 4. The van der Waals surface area contributed by atoms with E-state index in [2.05, 4.69) is 149 Å². The van der Waals surface area contributed by atoms with E-state index < -0.39 is 0 Å². The molecule has 4 heterocycles. The van der Waals surface area contributed by atoms with Crippen LogP contribution in [0.15, 0.2) is 217 Å². The lowest BCUT2D eigenvalue weighted by atomic mass is 9.99. The molecule has 0 radical (unpaired) electrons. The van der Waals surface area contributed by atoms with Gasteiger partial charge in [0.05, 0.1) is 39.1 Å². The number of furan rings is 1. The number of aromatic nitrogens is 4. The number of nitrogens with zero attached hydrogens (tertiary/aromatic N) is 5. The SMILES string of the molecule is N#Cc1c(-c2ccccc2)nc(-c2ccc(-n3c4ccc(-c5ccccc5)cc4c4cc5c(cc43)c3ccccc3n5-c3ccccc3)c3oc4ccccc4c23)nc1-c1ccccc1. The molecule has 0 unspecified atom stereocenters. The van der Waals surface area contributed by atoms with Gasteiger partial charge in [-0.15, -0.1) is 0 Å². The Balaban J connectivity index is 1.14. The molecule has 13 aromatic rings. The second-order valence-corrected chi connectivity index (χ2v) is 16.4. The van der Waals surface area contributed by atoms with Crippen molar-refractivity contribution < 1.29 is 4.42 Å². The molecule has 302 valence electrons. The lowest BCUT2D eigenvalue weighted by Gasteiger charge is -2.14. The molecule has 0 fully saturated rings. The number of nitriles is 1. The largest absolute Gasteiger partial charge is 0.454 e. The third kappa shape index (κ3) is 5.66. The van der Waals surface area contributed by atoms with Crippen LogP contribution in [0, 0.1) is 11.3 Å². The Morgan fingerprint density at radius 2 is 0.954 bits per heavy atom. The van der Waals surface area contributed by atoms with E-state index in [1.54, 1.807) is 0 Å². The molecule has 6 nitrogen and oxygen atoms in total. The Bertz CT molecular complexity index is 3990. The zero-order valence-electron chi connectivity index (χ0n) is 34.9. The lowest BCUT2D eigenvalue weighted by Crippen LogP contribution is -2.02. The maximum absolute atomic E-state index is 10.7. The van der Waals surface area contributed by atoms with Crippen LogP contribution in [0.5, 0.6) is 0 Å². The Morgan fingerprint density at radius 1 is 0.415 bits per heavy atom. The zero-order chi connectivity index (χ0) is 43.0. The summed E-state index contributed by atoms with van der Waals surface area (Å²) in [6, 6.07) is 76.1. The van der Waals surface area contributed by atoms with Gasteiger partial charge in [-0.25, -0.2) is 9.97 Å². The third-order valence-corrected chi connectivity index (χ3v) is 12.8. The fourth-order valence-electron chi connectivity index (χ4n) is 9.88. The molecule has 0 N–H and O–H groups in total. The van der Waals surface area contributed by atoms with Gasteiger partial charge < -0.3 is 13.6 Å². The molecule has 0 aliphatic heterocycles. The molecule has 9 aromatic carbocycles. The summed E-state index contributed by atoms with van der Waals surface area (Å²) >= 11 is 0. The molecule has 13 rings (SSSR count). The number of benzene rings is 9. The second-order valence-electron chi connectivity index (χ2n) is 16.4. The van der Waals surface area contributed by atoms with Crippen LogP contribution < -0.4 is 0 Å². The van der Waals surface area contributed by atoms with Gasteiger partial charge in [-0.05, 0) is 71.8 Å². The minimum absolute atomic E-state index is 0.427. The Labute approximate surface area is 373 Å². The van der Waals surface area contributed by atoms with E-state index in [0.29, 0.717) is 22.8 Å². The van der Waals surface area contributed by atoms with E-state index >= 15 is 0 Å². The van der Waals surface area contributed by atoms with E-state index in [9.17, 15) is 5.26 Å². The lowest BCUT2D eigenvalue weighted by molar-refractivity contribution is 0.666. The van der Waals surface area contributed by atoms with Crippen molar-refractivity contribution in [3.63, 3.8) is 0 Å². The smallest absolute Gasteiger partial charge is 0.161 e. The maximum atomic E-state index is 10.7. The number of hydrogen-bond donors (Lipinski definition) is 0. The fraction of sp³-hybridized carbons (Fsp3) is 0. The highest BCUT2D eigenvalue weighted by atomic mass is 16.3. The van der Waals surface area contributed by atoms with Crippen LogP contribution >= 0.6 is 0 Å². The number of para-hydroxylation sites is 3. The predicted molar refractivity (Wildman–Crippen MR) is 264 cm³/mol. The topological polar surface area (TPSA) is 72.6 Å². The fourth-order valence-corrected chi connectivity index (χ4v) is 9.88. The standard InChI is InChI=1S/C59H35N5O/c60-36-48-56(38-19-7-2-8-20-38)61-59(62-57(48)39-21-9-3-10-22-39)44-30-32-51(58-55(44)43-26-14-16-28-54(43)65-58)64-50-31-29-40(37-17-5-1-6-18-37)33-45(50)47-35-52-46(34-53(47)64)42-25-13-15-27-49(42)63(52)41-23-11-4-12-24-41/h1-35H. The van der Waals surface area contributed by atoms with Gasteiger partial charge in [0, 0.05) is 54.7 Å². The van der Waals surface area contributed by atoms with Crippen molar-refractivity contribution in [1.82, 2.24) is 19.1 Å². The normalized spacial score (nSPS) is 11.7. The van der Waals surface area contributed by atoms with E-state index in [4.69, 9.17) is 14.4 Å². The number of rotatable bonds is 6. The Morgan fingerprint density at radius 3 is 1.63 bits per heavy atom. The first-order chi connectivity index (χ1) is 32.2. The monoisotopic (exact) mass is 829 g/mol. The third-order valence-electron chi connectivity index (χ3n) is 12.8. The Hall–Kier alpha value is -9.05. The van der Waals surface area contributed by atoms with Crippen molar-refractivity contribution >= 4 is 65.6 Å². The van der Waals surface area contributed by atoms with E-state index in [1.165, 1.54) is 5.39 Å². The minimum atomic E-state index is 0.427. The van der Waals surface area contributed by atoms with Gasteiger partial charge in [-0.2, -0.15) is 5.26 Å². The van der Waals surface area contributed by atoms with Gasteiger partial charge in [0.25, 0.3) is 0 Å². The van der Waals surface area contributed by atoms with Crippen molar-refractivity contribution in [3.05, 3.63) is 218 Å². The van der Waals surface area contributed by atoms with Crippen LogP contribution in [0.4, 0.5) is 0 Å². The van der Waals surface area contributed by atoms with Crippen LogP contribution in [0.2, 0.25) is 0 Å². The van der Waals surface area contributed by atoms with Crippen LogP contribution in [0.25, 0.3) is 122 Å². The molecule has 0 spiro atoms. The van der Waals surface area contributed by atoms with Crippen LogP contribution in [0.1, 0.15) is 5.56 Å². The summed E-state index contributed by atoms with van der Waals surface area (Å²) in [7, 11) is 0. The summed E-state index contributed by atoms with van der Waals surface area (Å²) in [6.45, 7) is 0. The molecule has 0 atom stereocenters. The zero-order valence-corrected chi connectivity index (χ0v) is 34.9. The van der Waals surface area contributed by atoms with Gasteiger partial charge in [-0.1, -0.05) is 152 Å². The molecule has 0 bridgehead atoms. The summed E-state index contributed by atoms with van der Waals surface area (Å²) < 4.78 is 11.8. The van der Waals surface area contributed by atoms with E-state index in [-0.39, 0.29) is 0 Å². The molecule has 0 aliphatic rings. The average molecular weight is 830 g/mol. The Kier molecular flexibility index (Phi) is 8.17. The van der Waals surface area contributed by atoms with Gasteiger partial charge in [0.15, 0.2) is 11.4 Å². The molecular formula is C59H35N5O. The summed E-state index contributed by atoms with van der Waals surface area (Å²) in [5, 5.41) is 17.2.